The van der Waals surface area contributed by atoms with E-state index in [1.807, 2.05) is 54.6 Å². The highest BCUT2D eigenvalue weighted by molar-refractivity contribution is 5.92. The summed E-state index contributed by atoms with van der Waals surface area (Å²) in [4.78, 5) is 23.7. The van der Waals surface area contributed by atoms with Gasteiger partial charge in [0.05, 0.1) is 31.0 Å². The lowest BCUT2D eigenvalue weighted by molar-refractivity contribution is -0.115. The molecule has 5 aromatic rings. The molecule has 6 rings (SSSR count). The van der Waals surface area contributed by atoms with Gasteiger partial charge in [-0.05, 0) is 29.8 Å². The van der Waals surface area contributed by atoms with Crippen LogP contribution in [0.1, 0.15) is 5.56 Å². The lowest BCUT2D eigenvalue weighted by Gasteiger charge is -2.29. The molecule has 36 heavy (non-hydrogen) atoms. The molecule has 1 aromatic carbocycles. The summed E-state index contributed by atoms with van der Waals surface area (Å²) in [5.41, 5.74) is 5.50. The lowest BCUT2D eigenvalue weighted by Crippen LogP contribution is -2.37. The van der Waals surface area contributed by atoms with Gasteiger partial charge in [-0.1, -0.05) is 30.3 Å². The van der Waals surface area contributed by atoms with Crippen molar-refractivity contribution in [2.75, 3.05) is 36.5 Å². The van der Waals surface area contributed by atoms with Gasteiger partial charge in [-0.3, -0.25) is 19.3 Å². The normalized spacial score (nSPS) is 13.7. The number of aromatic nitrogens is 5. The fraction of sp³-hybridized carbons (Fsp3) is 0.185. The van der Waals surface area contributed by atoms with Crippen molar-refractivity contribution < 1.29 is 9.53 Å². The van der Waals surface area contributed by atoms with E-state index in [1.54, 1.807) is 12.4 Å². The van der Waals surface area contributed by atoms with Crippen LogP contribution in [0.3, 0.4) is 0 Å². The molecular weight excluding hydrogens is 454 g/mol. The van der Waals surface area contributed by atoms with Crippen LogP contribution < -0.4 is 10.2 Å². The molecule has 4 aromatic heterocycles. The van der Waals surface area contributed by atoms with E-state index in [9.17, 15) is 4.79 Å². The second-order valence-electron chi connectivity index (χ2n) is 8.66. The minimum Gasteiger partial charge on any atom is -0.378 e. The van der Waals surface area contributed by atoms with E-state index in [4.69, 9.17) is 9.72 Å². The summed E-state index contributed by atoms with van der Waals surface area (Å²) in [5.74, 6) is 1.48. The number of ether oxygens (including phenoxy) is 1. The largest absolute Gasteiger partial charge is 0.378 e. The second-order valence-corrected chi connectivity index (χ2v) is 8.66. The molecule has 180 valence electrons. The maximum atomic E-state index is 12.6. The van der Waals surface area contributed by atoms with Crippen molar-refractivity contribution >= 4 is 23.2 Å². The number of carbonyl (C=O) groups excluding carboxylic acids is 1. The number of pyridine rings is 2. The molecule has 5 heterocycles. The Labute approximate surface area is 207 Å². The number of benzene rings is 1. The zero-order chi connectivity index (χ0) is 24.3. The van der Waals surface area contributed by atoms with Gasteiger partial charge in [0.1, 0.15) is 11.5 Å². The molecule has 0 spiro atoms. The first kappa shape index (κ1) is 22.0. The Morgan fingerprint density at radius 3 is 2.61 bits per heavy atom. The number of fused-ring (bicyclic) bond motifs is 1. The van der Waals surface area contributed by atoms with Gasteiger partial charge in [0.15, 0.2) is 5.82 Å². The van der Waals surface area contributed by atoms with Crippen LogP contribution in [-0.4, -0.2) is 56.8 Å². The van der Waals surface area contributed by atoms with Crippen molar-refractivity contribution in [2.24, 2.45) is 0 Å². The summed E-state index contributed by atoms with van der Waals surface area (Å²) >= 11 is 0. The Morgan fingerprint density at radius 2 is 1.81 bits per heavy atom. The second kappa shape index (κ2) is 9.63. The first-order chi connectivity index (χ1) is 17.7. The highest BCUT2D eigenvalue weighted by Gasteiger charge is 2.16. The number of nitrogens with zero attached hydrogens (tertiary/aromatic N) is 5. The molecule has 1 saturated heterocycles. The quantitative estimate of drug-likeness (QED) is 0.384. The molecule has 9 nitrogen and oxygen atoms in total. The monoisotopic (exact) mass is 479 g/mol. The number of hydrogen-bond donors (Lipinski definition) is 2. The Hall–Kier alpha value is -4.50. The minimum atomic E-state index is -0.126. The molecule has 0 unspecified atom stereocenters. The standard InChI is InChI=1S/C27H25N7O2/c35-26(30-24-17-22(31-32-24)21-8-10-28-11-9-21)16-19-4-6-20(7-5-19)23-18-34-25(29-23)2-1-3-27(34)33-12-14-36-15-13-33/h1-11,17-18H,12-16H2,(H2,30,31,32,35). The first-order valence-electron chi connectivity index (χ1n) is 11.9. The third-order valence-corrected chi connectivity index (χ3v) is 6.26. The number of nitrogens with one attached hydrogen (secondary N) is 2. The number of imidazole rings is 1. The molecule has 0 aliphatic carbocycles. The van der Waals surface area contributed by atoms with E-state index in [2.05, 4.69) is 42.1 Å². The molecular formula is C27H25N7O2. The summed E-state index contributed by atoms with van der Waals surface area (Å²) in [5, 5.41) is 9.99. The topological polar surface area (TPSA) is 100 Å². The Bertz CT molecular complexity index is 1490. The maximum Gasteiger partial charge on any atom is 0.229 e. The minimum absolute atomic E-state index is 0.126. The molecule has 0 atom stereocenters. The van der Waals surface area contributed by atoms with E-state index in [-0.39, 0.29) is 12.3 Å². The molecule has 1 amide bonds. The summed E-state index contributed by atoms with van der Waals surface area (Å²) in [6.45, 7) is 3.21. The number of rotatable bonds is 6. The van der Waals surface area contributed by atoms with Crippen LogP contribution in [0.25, 0.3) is 28.2 Å². The average Bonchev–Trinajstić information content (AvgIpc) is 3.57. The highest BCUT2D eigenvalue weighted by atomic mass is 16.5. The molecule has 9 heteroatoms. The Balaban J connectivity index is 1.14. The third kappa shape index (κ3) is 4.56. The van der Waals surface area contributed by atoms with Gasteiger partial charge in [-0.15, -0.1) is 0 Å². The van der Waals surface area contributed by atoms with E-state index in [1.165, 1.54) is 0 Å². The lowest BCUT2D eigenvalue weighted by atomic mass is 10.1. The van der Waals surface area contributed by atoms with Crippen molar-refractivity contribution in [3.05, 3.63) is 84.8 Å². The molecule has 2 N–H and O–H groups in total. The van der Waals surface area contributed by atoms with E-state index in [0.29, 0.717) is 5.82 Å². The van der Waals surface area contributed by atoms with Gasteiger partial charge >= 0.3 is 0 Å². The Kier molecular flexibility index (Phi) is 5.88. The fourth-order valence-electron chi connectivity index (χ4n) is 4.42. The number of morpholine rings is 1. The van der Waals surface area contributed by atoms with Crippen LogP contribution in [0.2, 0.25) is 0 Å². The van der Waals surface area contributed by atoms with Gasteiger partial charge in [-0.2, -0.15) is 5.10 Å². The molecule has 0 radical (unpaired) electrons. The number of H-pyrrole nitrogens is 1. The van der Waals surface area contributed by atoms with Crippen LogP contribution in [0.4, 0.5) is 11.6 Å². The van der Waals surface area contributed by atoms with Gasteiger partial charge in [0.25, 0.3) is 0 Å². The van der Waals surface area contributed by atoms with E-state index in [0.717, 1.165) is 65.8 Å². The molecule has 1 aliphatic rings. The SMILES string of the molecule is O=C(Cc1ccc(-c2cn3c(N4CCOCC4)cccc3n2)cc1)Nc1cc(-c2ccncc2)[nH]n1. The molecule has 0 bridgehead atoms. The molecule has 1 fully saturated rings. The van der Waals surface area contributed by atoms with E-state index >= 15 is 0 Å². The van der Waals surface area contributed by atoms with Crippen molar-refractivity contribution in [1.82, 2.24) is 24.6 Å². The number of aromatic amines is 1. The van der Waals surface area contributed by atoms with Gasteiger partial charge < -0.3 is 15.0 Å². The molecule has 1 aliphatic heterocycles. The van der Waals surface area contributed by atoms with Crippen molar-refractivity contribution in [3.8, 4) is 22.5 Å². The third-order valence-electron chi connectivity index (χ3n) is 6.26. The fourth-order valence-corrected chi connectivity index (χ4v) is 4.42. The number of hydrogen-bond acceptors (Lipinski definition) is 6. The molecule has 0 saturated carbocycles. The number of anilines is 2. The zero-order valence-electron chi connectivity index (χ0n) is 19.6. The van der Waals surface area contributed by atoms with Crippen molar-refractivity contribution in [3.63, 3.8) is 0 Å². The van der Waals surface area contributed by atoms with Crippen LogP contribution >= 0.6 is 0 Å². The van der Waals surface area contributed by atoms with Gasteiger partial charge in [-0.25, -0.2) is 4.98 Å². The summed E-state index contributed by atoms with van der Waals surface area (Å²) < 4.78 is 7.63. The predicted octanol–water partition coefficient (Wildman–Crippen LogP) is 3.80. The van der Waals surface area contributed by atoms with Crippen LogP contribution in [0.5, 0.6) is 0 Å². The maximum absolute atomic E-state index is 12.6. The summed E-state index contributed by atoms with van der Waals surface area (Å²) in [6, 6.07) is 19.7. The number of amides is 1. The van der Waals surface area contributed by atoms with Crippen LogP contribution in [0.15, 0.2) is 79.3 Å². The van der Waals surface area contributed by atoms with Crippen LogP contribution in [-0.2, 0) is 16.0 Å². The van der Waals surface area contributed by atoms with Crippen molar-refractivity contribution in [2.45, 2.75) is 6.42 Å². The van der Waals surface area contributed by atoms with Gasteiger partial charge in [0.2, 0.25) is 5.91 Å². The summed E-state index contributed by atoms with van der Waals surface area (Å²) in [6.07, 6.45) is 5.75. The van der Waals surface area contributed by atoms with E-state index < -0.39 is 0 Å². The van der Waals surface area contributed by atoms with Crippen LogP contribution in [0, 0.1) is 0 Å². The Morgan fingerprint density at radius 1 is 1.00 bits per heavy atom. The average molecular weight is 480 g/mol. The first-order valence-corrected chi connectivity index (χ1v) is 11.9. The zero-order valence-corrected chi connectivity index (χ0v) is 19.6. The smallest absolute Gasteiger partial charge is 0.229 e. The van der Waals surface area contributed by atoms with Gasteiger partial charge in [0, 0.05) is 48.9 Å². The summed E-state index contributed by atoms with van der Waals surface area (Å²) in [7, 11) is 0. The number of carbonyl (C=O) groups is 1. The van der Waals surface area contributed by atoms with Crippen molar-refractivity contribution in [1.29, 1.82) is 0 Å². The predicted molar refractivity (Wildman–Crippen MR) is 138 cm³/mol. The highest BCUT2D eigenvalue weighted by Crippen LogP contribution is 2.25.